The molecule has 0 unspecified atom stereocenters. The molecule has 5 nitrogen and oxygen atoms in total. The summed E-state index contributed by atoms with van der Waals surface area (Å²) in [6, 6.07) is 18.3. The molecule has 2 N–H and O–H groups in total. The lowest BCUT2D eigenvalue weighted by Gasteiger charge is -2.44. The van der Waals surface area contributed by atoms with Gasteiger partial charge in [-0.25, -0.2) is 0 Å². The highest BCUT2D eigenvalue weighted by Crippen LogP contribution is 2.58. The van der Waals surface area contributed by atoms with Crippen LogP contribution in [-0.4, -0.2) is 7.11 Å². The molecule has 2 atom stereocenters. The number of methoxy groups -OCH3 is 1. The normalized spacial score (nSPS) is 22.6. The van der Waals surface area contributed by atoms with Gasteiger partial charge in [0.2, 0.25) is 0 Å². The van der Waals surface area contributed by atoms with Gasteiger partial charge in [0.25, 0.3) is 0 Å². The second-order valence-electron chi connectivity index (χ2n) is 7.51. The lowest BCUT2D eigenvalue weighted by Crippen LogP contribution is -2.42. The molecule has 0 amide bonds. The fourth-order valence-corrected chi connectivity index (χ4v) is 4.96. The molecule has 0 heterocycles. The predicted molar refractivity (Wildman–Crippen MR) is 109 cm³/mol. The van der Waals surface area contributed by atoms with Gasteiger partial charge in [0.1, 0.15) is 11.8 Å². The van der Waals surface area contributed by atoms with Crippen molar-refractivity contribution in [3.8, 4) is 24.0 Å². The summed E-state index contributed by atoms with van der Waals surface area (Å²) < 4.78 is 5.70. The summed E-state index contributed by atoms with van der Waals surface area (Å²) >= 11 is 0. The first kappa shape index (κ1) is 18.6. The molecule has 2 aromatic carbocycles. The van der Waals surface area contributed by atoms with Crippen LogP contribution in [-0.2, 0) is 0 Å². The molecule has 0 bridgehead atoms. The Hall–Kier alpha value is -3.75. The Balaban J connectivity index is 2.14. The third-order valence-corrected chi connectivity index (χ3v) is 6.26. The van der Waals surface area contributed by atoms with Crippen molar-refractivity contribution in [1.82, 2.24) is 0 Å². The van der Waals surface area contributed by atoms with Gasteiger partial charge in [-0.15, -0.1) is 0 Å². The zero-order chi connectivity index (χ0) is 20.6. The predicted octanol–water partition coefficient (Wildman–Crippen LogP) is 4.44. The first-order chi connectivity index (χ1) is 14.1. The molecule has 0 aliphatic heterocycles. The summed E-state index contributed by atoms with van der Waals surface area (Å²) in [5.74, 6) is -0.0476. The van der Waals surface area contributed by atoms with Crippen molar-refractivity contribution >= 4 is 10.8 Å². The number of benzene rings is 2. The number of hydrogen-bond donors (Lipinski definition) is 1. The topological polar surface area (TPSA) is 107 Å². The van der Waals surface area contributed by atoms with E-state index < -0.39 is 11.3 Å². The number of rotatable bonds is 2. The fourth-order valence-electron chi connectivity index (χ4n) is 4.96. The van der Waals surface area contributed by atoms with Gasteiger partial charge in [-0.2, -0.15) is 15.8 Å². The first-order valence-corrected chi connectivity index (χ1v) is 9.61. The van der Waals surface area contributed by atoms with Crippen molar-refractivity contribution in [3.63, 3.8) is 0 Å². The fraction of sp³-hybridized carbons (Fsp3) is 0.292. The Labute approximate surface area is 169 Å². The standard InChI is InChI=1S/C24H20N4O/c1-29-20-11-10-15-6-2-3-7-16(15)21(20)22-18-9-5-4-8-17(18)19(12-25)23(28)24(22,13-26)14-27/h2-3,6-8,10-11,18,22H,4-5,9,28H2,1H3/t18-,22+/m1/s1. The van der Waals surface area contributed by atoms with Gasteiger partial charge in [-0.3, -0.25) is 0 Å². The molecule has 2 aliphatic rings. The second-order valence-corrected chi connectivity index (χ2v) is 7.51. The van der Waals surface area contributed by atoms with Gasteiger partial charge in [-0.05, 0) is 47.6 Å². The molecule has 4 rings (SSSR count). The second kappa shape index (κ2) is 7.01. The zero-order valence-corrected chi connectivity index (χ0v) is 16.1. The SMILES string of the molecule is COc1ccc2ccccc2c1[C@@H]1[C@@H]2CCCC=C2C(C#N)=C(N)C1(C#N)C#N. The van der Waals surface area contributed by atoms with Crippen molar-refractivity contribution < 1.29 is 4.74 Å². The number of allylic oxidation sites excluding steroid dienone is 4. The molecule has 142 valence electrons. The zero-order valence-electron chi connectivity index (χ0n) is 16.1. The van der Waals surface area contributed by atoms with E-state index in [1.807, 2.05) is 42.5 Å². The molecule has 2 aliphatic carbocycles. The number of hydrogen-bond acceptors (Lipinski definition) is 5. The van der Waals surface area contributed by atoms with Crippen LogP contribution in [0.4, 0.5) is 0 Å². The molecule has 0 radical (unpaired) electrons. The summed E-state index contributed by atoms with van der Waals surface area (Å²) in [6.07, 6.45) is 4.62. The molecule has 0 fully saturated rings. The summed E-state index contributed by atoms with van der Waals surface area (Å²) in [6.45, 7) is 0. The Morgan fingerprint density at radius 2 is 1.86 bits per heavy atom. The summed E-state index contributed by atoms with van der Waals surface area (Å²) in [7, 11) is 1.59. The number of nitrogens with zero attached hydrogens (tertiary/aromatic N) is 3. The molecule has 0 saturated carbocycles. The summed E-state index contributed by atoms with van der Waals surface area (Å²) in [4.78, 5) is 0. The molecule has 0 aromatic heterocycles. The van der Waals surface area contributed by atoms with Crippen molar-refractivity contribution in [2.24, 2.45) is 17.1 Å². The van der Waals surface area contributed by atoms with Gasteiger partial charge in [0.15, 0.2) is 5.41 Å². The van der Waals surface area contributed by atoms with Crippen molar-refractivity contribution in [3.05, 3.63) is 64.9 Å². The average molecular weight is 380 g/mol. The average Bonchev–Trinajstić information content (AvgIpc) is 2.78. The van der Waals surface area contributed by atoms with Gasteiger partial charge in [-0.1, -0.05) is 36.4 Å². The van der Waals surface area contributed by atoms with Crippen molar-refractivity contribution in [2.75, 3.05) is 7.11 Å². The van der Waals surface area contributed by atoms with E-state index in [9.17, 15) is 15.8 Å². The van der Waals surface area contributed by atoms with E-state index in [4.69, 9.17) is 10.5 Å². The van der Waals surface area contributed by atoms with Gasteiger partial charge in [0.05, 0.1) is 30.5 Å². The van der Waals surface area contributed by atoms with Crippen LogP contribution in [0.15, 0.2) is 59.3 Å². The number of fused-ring (bicyclic) bond motifs is 2. The molecule has 2 aromatic rings. The Bertz CT molecular complexity index is 1170. The molecular formula is C24H20N4O. The van der Waals surface area contributed by atoms with E-state index in [0.717, 1.165) is 41.2 Å². The smallest absolute Gasteiger partial charge is 0.191 e. The Kier molecular flexibility index (Phi) is 4.50. The third-order valence-electron chi connectivity index (χ3n) is 6.26. The van der Waals surface area contributed by atoms with Gasteiger partial charge >= 0.3 is 0 Å². The maximum Gasteiger partial charge on any atom is 0.191 e. The first-order valence-electron chi connectivity index (χ1n) is 9.61. The molecule has 29 heavy (non-hydrogen) atoms. The van der Waals surface area contributed by atoms with Gasteiger partial charge in [0, 0.05) is 11.5 Å². The monoisotopic (exact) mass is 380 g/mol. The van der Waals surface area contributed by atoms with E-state index in [-0.39, 0.29) is 17.2 Å². The highest BCUT2D eigenvalue weighted by Gasteiger charge is 2.54. The van der Waals surface area contributed by atoms with Crippen LogP contribution >= 0.6 is 0 Å². The lowest BCUT2D eigenvalue weighted by atomic mass is 9.56. The number of nitrogens with two attached hydrogens (primary N) is 1. The van der Waals surface area contributed by atoms with Crippen LogP contribution in [0, 0.1) is 45.3 Å². The molecular weight excluding hydrogens is 360 g/mol. The minimum Gasteiger partial charge on any atom is -0.496 e. The third kappa shape index (κ3) is 2.50. The van der Waals surface area contributed by atoms with Crippen LogP contribution in [0.5, 0.6) is 5.75 Å². The molecule has 5 heteroatoms. The van der Waals surface area contributed by atoms with E-state index in [1.165, 1.54) is 0 Å². The Morgan fingerprint density at radius 3 is 2.55 bits per heavy atom. The molecule has 0 saturated heterocycles. The van der Waals surface area contributed by atoms with Crippen molar-refractivity contribution in [2.45, 2.75) is 25.2 Å². The highest BCUT2D eigenvalue weighted by atomic mass is 16.5. The largest absolute Gasteiger partial charge is 0.496 e. The van der Waals surface area contributed by atoms with Crippen LogP contribution < -0.4 is 10.5 Å². The quantitative estimate of drug-likeness (QED) is 0.829. The minimum absolute atomic E-state index is 0.0504. The van der Waals surface area contributed by atoms with Crippen molar-refractivity contribution in [1.29, 1.82) is 15.8 Å². The van der Waals surface area contributed by atoms with E-state index in [2.05, 4.69) is 18.2 Å². The maximum atomic E-state index is 10.2. The van der Waals surface area contributed by atoms with E-state index in [1.54, 1.807) is 7.11 Å². The molecule has 0 spiro atoms. The van der Waals surface area contributed by atoms with Gasteiger partial charge < -0.3 is 10.5 Å². The van der Waals surface area contributed by atoms with Crippen LogP contribution in [0.2, 0.25) is 0 Å². The summed E-state index contributed by atoms with van der Waals surface area (Å²) in [5.41, 5.74) is 6.76. The highest BCUT2D eigenvalue weighted by molar-refractivity contribution is 5.89. The van der Waals surface area contributed by atoms with Crippen LogP contribution in [0.3, 0.4) is 0 Å². The minimum atomic E-state index is -1.64. The lowest BCUT2D eigenvalue weighted by molar-refractivity contribution is 0.307. The van der Waals surface area contributed by atoms with Crippen LogP contribution in [0.1, 0.15) is 30.7 Å². The Morgan fingerprint density at radius 1 is 1.10 bits per heavy atom. The van der Waals surface area contributed by atoms with Crippen LogP contribution in [0.25, 0.3) is 10.8 Å². The van der Waals surface area contributed by atoms with E-state index in [0.29, 0.717) is 5.75 Å². The van der Waals surface area contributed by atoms with E-state index >= 15 is 0 Å². The number of nitriles is 3. The number of ether oxygens (including phenoxy) is 1. The maximum absolute atomic E-state index is 10.2. The summed E-state index contributed by atoms with van der Waals surface area (Å²) in [5, 5.41) is 32.2.